The summed E-state index contributed by atoms with van der Waals surface area (Å²) in [6, 6.07) is 5.44. The Morgan fingerprint density at radius 1 is 1.39 bits per heavy atom. The molecule has 1 rings (SSSR count). The molecule has 0 radical (unpaired) electrons. The summed E-state index contributed by atoms with van der Waals surface area (Å²) in [5.41, 5.74) is 0.956. The highest BCUT2D eigenvalue weighted by molar-refractivity contribution is 6.35. The molecule has 1 aromatic rings. The third-order valence-electron chi connectivity index (χ3n) is 2.66. The molecule has 1 N–H and O–H groups in total. The summed E-state index contributed by atoms with van der Waals surface area (Å²) in [6.45, 7) is 3.92. The van der Waals surface area contributed by atoms with Crippen molar-refractivity contribution in [2.75, 3.05) is 7.11 Å². The Morgan fingerprint density at radius 2 is 2.06 bits per heavy atom. The second-order valence-corrected chi connectivity index (χ2v) is 5.08. The number of ether oxygens (including phenoxy) is 1. The Hall–Kier alpha value is -0.770. The van der Waals surface area contributed by atoms with Crippen molar-refractivity contribution in [2.45, 2.75) is 32.4 Å². The molecule has 0 spiro atoms. The van der Waals surface area contributed by atoms with Crippen molar-refractivity contribution in [3.05, 3.63) is 33.8 Å². The van der Waals surface area contributed by atoms with Gasteiger partial charge in [0.05, 0.1) is 13.5 Å². The van der Waals surface area contributed by atoms with Crippen LogP contribution < -0.4 is 5.32 Å². The number of rotatable bonds is 5. The van der Waals surface area contributed by atoms with Crippen molar-refractivity contribution < 1.29 is 9.53 Å². The van der Waals surface area contributed by atoms with Gasteiger partial charge in [-0.05, 0) is 31.5 Å². The first-order valence-electron chi connectivity index (χ1n) is 5.72. The van der Waals surface area contributed by atoms with Gasteiger partial charge in [-0.1, -0.05) is 29.3 Å². The second-order valence-electron chi connectivity index (χ2n) is 4.24. The summed E-state index contributed by atoms with van der Waals surface area (Å²) in [6.07, 6.45) is 0.325. The molecule has 0 aliphatic carbocycles. The van der Waals surface area contributed by atoms with E-state index in [2.05, 4.69) is 10.1 Å². The number of carbonyl (C=O) groups is 1. The minimum Gasteiger partial charge on any atom is -0.469 e. The van der Waals surface area contributed by atoms with Gasteiger partial charge in [-0.15, -0.1) is 0 Å². The van der Waals surface area contributed by atoms with E-state index in [1.807, 2.05) is 19.9 Å². The number of benzene rings is 1. The first-order chi connectivity index (χ1) is 8.43. The molecule has 100 valence electrons. The number of nitrogens with one attached hydrogen (secondary N) is 1. The predicted molar refractivity (Wildman–Crippen MR) is 74.1 cm³/mol. The summed E-state index contributed by atoms with van der Waals surface area (Å²) >= 11 is 12.0. The maximum Gasteiger partial charge on any atom is 0.307 e. The zero-order chi connectivity index (χ0) is 13.7. The van der Waals surface area contributed by atoms with Gasteiger partial charge in [0.1, 0.15) is 0 Å². The van der Waals surface area contributed by atoms with Gasteiger partial charge in [-0.2, -0.15) is 0 Å². The standard InChI is InChI=1S/C13H17Cl2NO2/c1-8(6-13(17)18-3)16-9(2)11-5-4-10(14)7-12(11)15/h4-5,7-9,16H,6H2,1-3H3. The van der Waals surface area contributed by atoms with Crippen LogP contribution in [-0.4, -0.2) is 19.1 Å². The fraction of sp³-hybridized carbons (Fsp3) is 0.462. The van der Waals surface area contributed by atoms with Crippen LogP contribution in [0.1, 0.15) is 31.9 Å². The average molecular weight is 290 g/mol. The van der Waals surface area contributed by atoms with Crippen LogP contribution in [0.25, 0.3) is 0 Å². The smallest absolute Gasteiger partial charge is 0.307 e. The predicted octanol–water partition coefficient (Wildman–Crippen LogP) is 3.60. The van der Waals surface area contributed by atoms with Crippen LogP contribution in [0.3, 0.4) is 0 Å². The maximum absolute atomic E-state index is 11.1. The van der Waals surface area contributed by atoms with E-state index >= 15 is 0 Å². The van der Waals surface area contributed by atoms with E-state index < -0.39 is 0 Å². The number of halogens is 2. The normalized spacial score (nSPS) is 14.1. The quantitative estimate of drug-likeness (QED) is 0.842. The SMILES string of the molecule is COC(=O)CC(C)NC(C)c1ccc(Cl)cc1Cl. The molecule has 0 aliphatic rings. The molecule has 0 saturated carbocycles. The third-order valence-corrected chi connectivity index (χ3v) is 3.23. The topological polar surface area (TPSA) is 38.3 Å². The van der Waals surface area contributed by atoms with Gasteiger partial charge in [-0.3, -0.25) is 4.79 Å². The summed E-state index contributed by atoms with van der Waals surface area (Å²) in [4.78, 5) is 11.1. The molecule has 1 aromatic carbocycles. The van der Waals surface area contributed by atoms with E-state index in [1.54, 1.807) is 12.1 Å². The molecule has 0 aromatic heterocycles. The van der Waals surface area contributed by atoms with E-state index in [0.717, 1.165) is 5.56 Å². The molecule has 2 unspecified atom stereocenters. The van der Waals surface area contributed by atoms with Crippen LogP contribution in [0, 0.1) is 0 Å². The number of esters is 1. The van der Waals surface area contributed by atoms with Crippen LogP contribution >= 0.6 is 23.2 Å². The van der Waals surface area contributed by atoms with Crippen LogP contribution in [0.15, 0.2) is 18.2 Å². The van der Waals surface area contributed by atoms with Crippen molar-refractivity contribution in [3.8, 4) is 0 Å². The fourth-order valence-corrected chi connectivity index (χ4v) is 2.33. The first kappa shape index (κ1) is 15.3. The van der Waals surface area contributed by atoms with Gasteiger partial charge in [0.2, 0.25) is 0 Å². The van der Waals surface area contributed by atoms with Gasteiger partial charge < -0.3 is 10.1 Å². The third kappa shape index (κ3) is 4.48. The van der Waals surface area contributed by atoms with Crippen LogP contribution in [0.2, 0.25) is 10.0 Å². The number of hydrogen-bond donors (Lipinski definition) is 1. The Balaban J connectivity index is 2.64. The number of carbonyl (C=O) groups excluding carboxylic acids is 1. The first-order valence-corrected chi connectivity index (χ1v) is 6.47. The van der Waals surface area contributed by atoms with Gasteiger partial charge in [0, 0.05) is 22.1 Å². The zero-order valence-electron chi connectivity index (χ0n) is 10.7. The molecule has 2 atom stereocenters. The lowest BCUT2D eigenvalue weighted by molar-refractivity contribution is -0.141. The lowest BCUT2D eigenvalue weighted by Gasteiger charge is -2.20. The molecule has 0 amide bonds. The number of hydrogen-bond acceptors (Lipinski definition) is 3. The second kappa shape index (κ2) is 6.98. The Morgan fingerprint density at radius 3 is 2.61 bits per heavy atom. The van der Waals surface area contributed by atoms with Crippen LogP contribution in [-0.2, 0) is 9.53 Å². The van der Waals surface area contributed by atoms with Gasteiger partial charge >= 0.3 is 5.97 Å². The molecular formula is C13H17Cl2NO2. The minimum atomic E-state index is -0.232. The van der Waals surface area contributed by atoms with Crippen molar-refractivity contribution in [3.63, 3.8) is 0 Å². The molecule has 0 heterocycles. The van der Waals surface area contributed by atoms with E-state index in [-0.39, 0.29) is 18.1 Å². The zero-order valence-corrected chi connectivity index (χ0v) is 12.2. The molecule has 0 aliphatic heterocycles. The minimum absolute atomic E-state index is 0.0131. The van der Waals surface area contributed by atoms with E-state index in [0.29, 0.717) is 16.5 Å². The molecule has 5 heteroatoms. The van der Waals surface area contributed by atoms with E-state index in [4.69, 9.17) is 23.2 Å². The molecule has 0 saturated heterocycles. The summed E-state index contributed by atoms with van der Waals surface area (Å²) < 4.78 is 4.63. The molecule has 3 nitrogen and oxygen atoms in total. The van der Waals surface area contributed by atoms with Crippen LogP contribution in [0.4, 0.5) is 0 Å². The lowest BCUT2D eigenvalue weighted by atomic mass is 10.1. The van der Waals surface area contributed by atoms with Gasteiger partial charge in [0.25, 0.3) is 0 Å². The number of methoxy groups -OCH3 is 1. The van der Waals surface area contributed by atoms with Crippen molar-refractivity contribution >= 4 is 29.2 Å². The van der Waals surface area contributed by atoms with Gasteiger partial charge in [-0.25, -0.2) is 0 Å². The highest BCUT2D eigenvalue weighted by atomic mass is 35.5. The Bertz CT molecular complexity index is 423. The lowest BCUT2D eigenvalue weighted by Crippen LogP contribution is -2.31. The van der Waals surface area contributed by atoms with Crippen molar-refractivity contribution in [1.29, 1.82) is 0 Å². The summed E-state index contributed by atoms with van der Waals surface area (Å²) in [5.74, 6) is -0.232. The molecule has 0 fully saturated rings. The van der Waals surface area contributed by atoms with Crippen molar-refractivity contribution in [2.24, 2.45) is 0 Å². The highest BCUT2D eigenvalue weighted by Crippen LogP contribution is 2.26. The average Bonchev–Trinajstić information content (AvgIpc) is 2.28. The van der Waals surface area contributed by atoms with Crippen LogP contribution in [0.5, 0.6) is 0 Å². The molecule has 18 heavy (non-hydrogen) atoms. The summed E-state index contributed by atoms with van der Waals surface area (Å²) in [7, 11) is 1.38. The molecule has 0 bridgehead atoms. The van der Waals surface area contributed by atoms with Crippen molar-refractivity contribution in [1.82, 2.24) is 5.32 Å². The molecular weight excluding hydrogens is 273 g/mol. The Labute approximate surface area is 117 Å². The Kier molecular flexibility index (Phi) is 5.93. The monoisotopic (exact) mass is 289 g/mol. The fourth-order valence-electron chi connectivity index (χ4n) is 1.76. The summed E-state index contributed by atoms with van der Waals surface area (Å²) in [5, 5.41) is 4.52. The van der Waals surface area contributed by atoms with E-state index in [9.17, 15) is 4.79 Å². The van der Waals surface area contributed by atoms with Gasteiger partial charge in [0.15, 0.2) is 0 Å². The highest BCUT2D eigenvalue weighted by Gasteiger charge is 2.15. The van der Waals surface area contributed by atoms with E-state index in [1.165, 1.54) is 7.11 Å². The maximum atomic E-state index is 11.1. The largest absolute Gasteiger partial charge is 0.469 e.